The van der Waals surface area contributed by atoms with Gasteiger partial charge in [0.05, 0.1) is 0 Å². The highest BCUT2D eigenvalue weighted by Crippen LogP contribution is 2.13. The first kappa shape index (κ1) is 26.5. The van der Waals surface area contributed by atoms with Gasteiger partial charge < -0.3 is 0 Å². The van der Waals surface area contributed by atoms with E-state index in [0.717, 1.165) is 0 Å². The van der Waals surface area contributed by atoms with Gasteiger partial charge in [-0.1, -0.05) is 134 Å². The van der Waals surface area contributed by atoms with Crippen molar-refractivity contribution in [3.63, 3.8) is 0 Å². The SMILES string of the molecule is CCCCCC/C=C\CC/C=C/CCCCCCCCCCCCCCC. The summed E-state index contributed by atoms with van der Waals surface area (Å²) >= 11 is 0. The van der Waals surface area contributed by atoms with Crippen LogP contribution in [0.4, 0.5) is 0 Å². The Labute approximate surface area is 173 Å². The van der Waals surface area contributed by atoms with Gasteiger partial charge in [0, 0.05) is 0 Å². The van der Waals surface area contributed by atoms with Crippen molar-refractivity contribution in [1.82, 2.24) is 0 Å². The van der Waals surface area contributed by atoms with Crippen LogP contribution in [0.3, 0.4) is 0 Å². The highest BCUT2D eigenvalue weighted by atomic mass is 14.0. The van der Waals surface area contributed by atoms with Gasteiger partial charge in [-0.05, 0) is 38.5 Å². The van der Waals surface area contributed by atoms with Crippen LogP contribution in [0.15, 0.2) is 24.3 Å². The largest absolute Gasteiger partial charge is 0.0885 e. The Bertz CT molecular complexity index is 299. The summed E-state index contributed by atoms with van der Waals surface area (Å²) in [4.78, 5) is 0. The third kappa shape index (κ3) is 25.5. The molecule has 0 aromatic heterocycles. The molecule has 0 unspecified atom stereocenters. The molecule has 0 bridgehead atoms. The van der Waals surface area contributed by atoms with E-state index in [9.17, 15) is 0 Å². The fourth-order valence-corrected chi connectivity index (χ4v) is 3.63. The van der Waals surface area contributed by atoms with Gasteiger partial charge in [-0.25, -0.2) is 0 Å². The molecule has 0 atom stereocenters. The average molecular weight is 377 g/mol. The molecule has 0 radical (unpaired) electrons. The highest BCUT2D eigenvalue weighted by molar-refractivity contribution is 4.88. The fourth-order valence-electron chi connectivity index (χ4n) is 3.63. The monoisotopic (exact) mass is 376 g/mol. The molecule has 0 spiro atoms. The lowest BCUT2D eigenvalue weighted by atomic mass is 10.0. The van der Waals surface area contributed by atoms with E-state index in [0.29, 0.717) is 0 Å². The molecule has 0 amide bonds. The van der Waals surface area contributed by atoms with Gasteiger partial charge in [0.2, 0.25) is 0 Å². The minimum atomic E-state index is 1.23. The molecule has 0 aromatic carbocycles. The fraction of sp³-hybridized carbons (Fsp3) is 0.852. The first-order valence-electron chi connectivity index (χ1n) is 12.7. The van der Waals surface area contributed by atoms with Crippen molar-refractivity contribution in [2.45, 2.75) is 149 Å². The first-order valence-corrected chi connectivity index (χ1v) is 12.7. The molecule has 160 valence electrons. The summed E-state index contributed by atoms with van der Waals surface area (Å²) in [7, 11) is 0. The maximum absolute atomic E-state index is 2.41. The summed E-state index contributed by atoms with van der Waals surface area (Å²) in [5, 5.41) is 0. The Morgan fingerprint density at radius 2 is 0.556 bits per heavy atom. The smallest absolute Gasteiger partial charge is 0.0316 e. The maximum Gasteiger partial charge on any atom is -0.0316 e. The summed E-state index contributed by atoms with van der Waals surface area (Å²) in [6.45, 7) is 4.58. The second-order valence-corrected chi connectivity index (χ2v) is 8.40. The second-order valence-electron chi connectivity index (χ2n) is 8.40. The topological polar surface area (TPSA) is 0 Å². The number of unbranched alkanes of at least 4 members (excludes halogenated alkanes) is 18. The summed E-state index contributed by atoms with van der Waals surface area (Å²) in [5.41, 5.74) is 0. The van der Waals surface area contributed by atoms with Crippen molar-refractivity contribution in [3.05, 3.63) is 24.3 Å². The molecule has 0 fully saturated rings. The number of rotatable bonds is 22. The van der Waals surface area contributed by atoms with Crippen LogP contribution in [0.1, 0.15) is 149 Å². The number of hydrogen-bond acceptors (Lipinski definition) is 0. The van der Waals surface area contributed by atoms with Crippen LogP contribution < -0.4 is 0 Å². The predicted octanol–water partition coefficient (Wildman–Crippen LogP) is 10.3. The predicted molar refractivity (Wildman–Crippen MR) is 127 cm³/mol. The quantitative estimate of drug-likeness (QED) is 0.130. The van der Waals surface area contributed by atoms with Crippen LogP contribution in [0.25, 0.3) is 0 Å². The van der Waals surface area contributed by atoms with E-state index >= 15 is 0 Å². The van der Waals surface area contributed by atoms with E-state index in [-0.39, 0.29) is 0 Å². The third-order valence-corrected chi connectivity index (χ3v) is 5.53. The van der Waals surface area contributed by atoms with E-state index in [4.69, 9.17) is 0 Å². The van der Waals surface area contributed by atoms with E-state index in [1.54, 1.807) is 0 Å². The first-order chi connectivity index (χ1) is 13.4. The molecule has 0 rings (SSSR count). The molecular weight excluding hydrogens is 324 g/mol. The Morgan fingerprint density at radius 1 is 0.296 bits per heavy atom. The Hall–Kier alpha value is -0.520. The van der Waals surface area contributed by atoms with Gasteiger partial charge in [0.25, 0.3) is 0 Å². The lowest BCUT2D eigenvalue weighted by Gasteiger charge is -2.02. The van der Waals surface area contributed by atoms with Crippen molar-refractivity contribution >= 4 is 0 Å². The molecule has 0 heterocycles. The molecule has 0 aromatic rings. The van der Waals surface area contributed by atoms with Crippen LogP contribution in [-0.2, 0) is 0 Å². The Morgan fingerprint density at radius 3 is 0.926 bits per heavy atom. The summed E-state index contributed by atoms with van der Waals surface area (Å²) < 4.78 is 0. The van der Waals surface area contributed by atoms with Crippen LogP contribution in [0, 0.1) is 0 Å². The van der Waals surface area contributed by atoms with Crippen LogP contribution in [0.2, 0.25) is 0 Å². The average Bonchev–Trinajstić information content (AvgIpc) is 2.68. The van der Waals surface area contributed by atoms with Crippen LogP contribution >= 0.6 is 0 Å². The van der Waals surface area contributed by atoms with Gasteiger partial charge >= 0.3 is 0 Å². The van der Waals surface area contributed by atoms with E-state index < -0.39 is 0 Å². The molecule has 0 aliphatic carbocycles. The molecule has 0 saturated carbocycles. The molecule has 0 aliphatic heterocycles. The molecular formula is C27H52. The van der Waals surface area contributed by atoms with Crippen molar-refractivity contribution in [2.24, 2.45) is 0 Å². The van der Waals surface area contributed by atoms with Crippen LogP contribution in [-0.4, -0.2) is 0 Å². The molecule has 0 saturated heterocycles. The number of hydrogen-bond donors (Lipinski definition) is 0. The van der Waals surface area contributed by atoms with Crippen LogP contribution in [0.5, 0.6) is 0 Å². The van der Waals surface area contributed by atoms with Gasteiger partial charge in [-0.2, -0.15) is 0 Å². The third-order valence-electron chi connectivity index (χ3n) is 5.53. The van der Waals surface area contributed by atoms with Gasteiger partial charge in [-0.3, -0.25) is 0 Å². The van der Waals surface area contributed by atoms with Crippen molar-refractivity contribution in [1.29, 1.82) is 0 Å². The molecule has 0 aliphatic rings. The molecule has 0 nitrogen and oxygen atoms in total. The normalized spacial score (nSPS) is 11.9. The van der Waals surface area contributed by atoms with E-state index in [2.05, 4.69) is 38.2 Å². The van der Waals surface area contributed by atoms with E-state index in [1.165, 1.54) is 135 Å². The second kappa shape index (κ2) is 25.5. The zero-order valence-electron chi connectivity index (χ0n) is 19.2. The van der Waals surface area contributed by atoms with E-state index in [1.807, 2.05) is 0 Å². The Kier molecular flexibility index (Phi) is 25.0. The lowest BCUT2D eigenvalue weighted by Crippen LogP contribution is -1.82. The minimum absolute atomic E-state index is 1.23. The maximum atomic E-state index is 2.41. The summed E-state index contributed by atoms with van der Waals surface area (Å²) in [6, 6.07) is 0. The summed E-state index contributed by atoms with van der Waals surface area (Å²) in [5.74, 6) is 0. The van der Waals surface area contributed by atoms with Crippen molar-refractivity contribution in [2.75, 3.05) is 0 Å². The van der Waals surface area contributed by atoms with Gasteiger partial charge in [-0.15, -0.1) is 0 Å². The number of allylic oxidation sites excluding steroid dienone is 4. The molecule has 27 heavy (non-hydrogen) atoms. The molecule has 0 heteroatoms. The van der Waals surface area contributed by atoms with Gasteiger partial charge in [0.15, 0.2) is 0 Å². The van der Waals surface area contributed by atoms with Crippen molar-refractivity contribution in [3.8, 4) is 0 Å². The summed E-state index contributed by atoms with van der Waals surface area (Å²) in [6.07, 6.45) is 38.9. The molecule has 0 N–H and O–H groups in total. The Balaban J connectivity index is 3.11. The highest BCUT2D eigenvalue weighted by Gasteiger charge is 1.93. The minimum Gasteiger partial charge on any atom is -0.0885 e. The standard InChI is InChI=1S/C27H52/c1-3-5-7-9-11-13-15-17-19-21-23-25-27-26-24-22-20-18-16-14-12-10-8-6-4-2/h13,15,21,23H,3-12,14,16-20,22,24-27H2,1-2H3/b15-13-,23-21+. The van der Waals surface area contributed by atoms with Crippen molar-refractivity contribution < 1.29 is 0 Å². The zero-order valence-corrected chi connectivity index (χ0v) is 19.2. The lowest BCUT2D eigenvalue weighted by molar-refractivity contribution is 0.540. The zero-order chi connectivity index (χ0) is 19.7. The van der Waals surface area contributed by atoms with Gasteiger partial charge in [0.1, 0.15) is 0 Å².